The Morgan fingerprint density at radius 1 is 1.26 bits per heavy atom. The first-order valence-corrected chi connectivity index (χ1v) is 7.23. The molecule has 0 aliphatic rings. The lowest BCUT2D eigenvalue weighted by Crippen LogP contribution is -2.35. The molecule has 0 bridgehead atoms. The molecule has 1 amide bonds. The number of pyridine rings is 1. The molecule has 0 saturated carbocycles. The summed E-state index contributed by atoms with van der Waals surface area (Å²) in [5, 5.41) is 15.7. The number of carbonyl (C=O) groups is 2. The maximum absolute atomic E-state index is 12.2. The van der Waals surface area contributed by atoms with Crippen LogP contribution in [0.4, 0.5) is 0 Å². The fraction of sp³-hybridized carbons (Fsp3) is 0.375. The standard InChI is InChI=1S/C16H19N3O4/c1-8(7-13-10(3)19-23-11(13)4)17-15(20)14-6-5-12(16(21)22)9(2)18-14/h5-6,8H,7H2,1-4H3,(H,17,20)(H,21,22). The summed E-state index contributed by atoms with van der Waals surface area (Å²) in [4.78, 5) is 27.2. The molecule has 1 atom stereocenters. The Morgan fingerprint density at radius 2 is 1.96 bits per heavy atom. The Hall–Kier alpha value is -2.70. The SMILES string of the molecule is Cc1nc(C(=O)NC(C)Cc2c(C)noc2C)ccc1C(=O)O. The summed E-state index contributed by atoms with van der Waals surface area (Å²) in [6.45, 7) is 7.13. The normalized spacial score (nSPS) is 12.0. The summed E-state index contributed by atoms with van der Waals surface area (Å²) in [6.07, 6.45) is 0.596. The monoisotopic (exact) mass is 317 g/mol. The molecule has 0 fully saturated rings. The van der Waals surface area contributed by atoms with E-state index in [0.29, 0.717) is 12.1 Å². The third kappa shape index (κ3) is 3.74. The van der Waals surface area contributed by atoms with Crippen molar-refractivity contribution >= 4 is 11.9 Å². The molecule has 0 aliphatic carbocycles. The Labute approximate surface area is 133 Å². The van der Waals surface area contributed by atoms with Crippen molar-refractivity contribution < 1.29 is 19.2 Å². The van der Waals surface area contributed by atoms with Gasteiger partial charge in [0.2, 0.25) is 0 Å². The molecule has 2 rings (SSSR count). The van der Waals surface area contributed by atoms with Crippen molar-refractivity contribution in [2.24, 2.45) is 0 Å². The van der Waals surface area contributed by atoms with Crippen LogP contribution in [-0.2, 0) is 6.42 Å². The highest BCUT2D eigenvalue weighted by Crippen LogP contribution is 2.14. The van der Waals surface area contributed by atoms with Gasteiger partial charge in [-0.15, -0.1) is 0 Å². The molecule has 7 nitrogen and oxygen atoms in total. The average Bonchev–Trinajstić information content (AvgIpc) is 2.78. The molecule has 7 heteroatoms. The van der Waals surface area contributed by atoms with E-state index in [4.69, 9.17) is 9.63 Å². The molecule has 0 aliphatic heterocycles. The number of amides is 1. The van der Waals surface area contributed by atoms with Crippen molar-refractivity contribution in [1.82, 2.24) is 15.5 Å². The van der Waals surface area contributed by atoms with Crippen molar-refractivity contribution in [3.63, 3.8) is 0 Å². The number of nitrogens with zero attached hydrogens (tertiary/aromatic N) is 2. The van der Waals surface area contributed by atoms with Gasteiger partial charge < -0.3 is 14.9 Å². The highest BCUT2D eigenvalue weighted by Gasteiger charge is 2.17. The Morgan fingerprint density at radius 3 is 2.48 bits per heavy atom. The van der Waals surface area contributed by atoms with Crippen LogP contribution in [0.1, 0.15) is 50.5 Å². The van der Waals surface area contributed by atoms with Crippen LogP contribution in [0.3, 0.4) is 0 Å². The van der Waals surface area contributed by atoms with Gasteiger partial charge in [0, 0.05) is 11.6 Å². The molecule has 2 aromatic rings. The number of carboxylic acids is 1. The second-order valence-corrected chi connectivity index (χ2v) is 5.52. The highest BCUT2D eigenvalue weighted by molar-refractivity contribution is 5.94. The first kappa shape index (κ1) is 16.7. The number of hydrogen-bond acceptors (Lipinski definition) is 5. The van der Waals surface area contributed by atoms with Crippen LogP contribution in [-0.4, -0.2) is 33.2 Å². The highest BCUT2D eigenvalue weighted by atomic mass is 16.5. The van der Waals surface area contributed by atoms with Gasteiger partial charge in [-0.1, -0.05) is 5.16 Å². The van der Waals surface area contributed by atoms with Crippen LogP contribution in [0.25, 0.3) is 0 Å². The average molecular weight is 317 g/mol. The molecule has 2 aromatic heterocycles. The predicted molar refractivity (Wildman–Crippen MR) is 82.5 cm³/mol. The van der Waals surface area contributed by atoms with Crippen LogP contribution in [0.5, 0.6) is 0 Å². The van der Waals surface area contributed by atoms with Gasteiger partial charge in [0.1, 0.15) is 11.5 Å². The molecule has 0 saturated heterocycles. The van der Waals surface area contributed by atoms with E-state index in [1.165, 1.54) is 12.1 Å². The molecule has 0 aromatic carbocycles. The maximum atomic E-state index is 12.2. The van der Waals surface area contributed by atoms with Gasteiger partial charge in [0.15, 0.2) is 0 Å². The minimum absolute atomic E-state index is 0.0883. The zero-order valence-corrected chi connectivity index (χ0v) is 13.5. The number of aromatic nitrogens is 2. The van der Waals surface area contributed by atoms with E-state index in [-0.39, 0.29) is 23.2 Å². The molecule has 23 heavy (non-hydrogen) atoms. The summed E-state index contributed by atoms with van der Waals surface area (Å²) in [7, 11) is 0. The second kappa shape index (κ2) is 6.60. The minimum atomic E-state index is -1.06. The molecular weight excluding hydrogens is 298 g/mol. The molecule has 1 unspecified atom stereocenters. The van der Waals surface area contributed by atoms with Crippen molar-refractivity contribution in [3.8, 4) is 0 Å². The largest absolute Gasteiger partial charge is 0.478 e. The van der Waals surface area contributed by atoms with Crippen molar-refractivity contribution in [2.75, 3.05) is 0 Å². The van der Waals surface area contributed by atoms with Gasteiger partial charge >= 0.3 is 5.97 Å². The van der Waals surface area contributed by atoms with Gasteiger partial charge in [0.25, 0.3) is 5.91 Å². The molecule has 0 spiro atoms. The van der Waals surface area contributed by atoms with Gasteiger partial charge in [-0.05, 0) is 46.2 Å². The quantitative estimate of drug-likeness (QED) is 0.874. The summed E-state index contributed by atoms with van der Waals surface area (Å²) in [5.74, 6) is -0.665. The number of carbonyl (C=O) groups excluding carboxylic acids is 1. The minimum Gasteiger partial charge on any atom is -0.478 e. The fourth-order valence-electron chi connectivity index (χ4n) is 2.36. The number of hydrogen-bond donors (Lipinski definition) is 2. The fourth-order valence-corrected chi connectivity index (χ4v) is 2.36. The van der Waals surface area contributed by atoms with Gasteiger partial charge in [-0.25, -0.2) is 9.78 Å². The third-order valence-electron chi connectivity index (χ3n) is 3.62. The Bertz CT molecular complexity index is 732. The number of carboxylic acid groups (broad SMARTS) is 1. The molecular formula is C16H19N3O4. The molecule has 2 heterocycles. The van der Waals surface area contributed by atoms with Crippen LogP contribution >= 0.6 is 0 Å². The van der Waals surface area contributed by atoms with E-state index < -0.39 is 5.97 Å². The van der Waals surface area contributed by atoms with Gasteiger partial charge in [-0.3, -0.25) is 4.79 Å². The molecule has 122 valence electrons. The smallest absolute Gasteiger partial charge is 0.337 e. The van der Waals surface area contributed by atoms with E-state index in [1.807, 2.05) is 20.8 Å². The zero-order valence-electron chi connectivity index (χ0n) is 13.5. The lowest BCUT2D eigenvalue weighted by molar-refractivity contribution is 0.0694. The number of aryl methyl sites for hydroxylation is 3. The third-order valence-corrected chi connectivity index (χ3v) is 3.62. The Kier molecular flexibility index (Phi) is 4.78. The number of rotatable bonds is 5. The topological polar surface area (TPSA) is 105 Å². The summed E-state index contributed by atoms with van der Waals surface area (Å²) in [5.41, 5.74) is 2.37. The van der Waals surface area contributed by atoms with Crippen LogP contribution in [0, 0.1) is 20.8 Å². The lowest BCUT2D eigenvalue weighted by atomic mass is 10.1. The van der Waals surface area contributed by atoms with E-state index in [2.05, 4.69) is 15.5 Å². The van der Waals surface area contributed by atoms with Gasteiger partial charge in [-0.2, -0.15) is 0 Å². The molecule has 0 radical (unpaired) electrons. The number of nitrogens with one attached hydrogen (secondary N) is 1. The lowest BCUT2D eigenvalue weighted by Gasteiger charge is -2.14. The van der Waals surface area contributed by atoms with E-state index in [0.717, 1.165) is 17.0 Å². The molecule has 2 N–H and O–H groups in total. The van der Waals surface area contributed by atoms with Crippen molar-refractivity contribution in [1.29, 1.82) is 0 Å². The van der Waals surface area contributed by atoms with Gasteiger partial charge in [0.05, 0.1) is 17.0 Å². The van der Waals surface area contributed by atoms with E-state index in [1.54, 1.807) is 6.92 Å². The Balaban J connectivity index is 2.07. The van der Waals surface area contributed by atoms with E-state index in [9.17, 15) is 9.59 Å². The second-order valence-electron chi connectivity index (χ2n) is 5.52. The summed E-state index contributed by atoms with van der Waals surface area (Å²) < 4.78 is 5.11. The van der Waals surface area contributed by atoms with Crippen LogP contribution in [0.2, 0.25) is 0 Å². The maximum Gasteiger partial charge on any atom is 0.337 e. The first-order valence-electron chi connectivity index (χ1n) is 7.23. The predicted octanol–water partition coefficient (Wildman–Crippen LogP) is 2.05. The van der Waals surface area contributed by atoms with E-state index >= 15 is 0 Å². The van der Waals surface area contributed by atoms with Crippen LogP contribution < -0.4 is 5.32 Å². The zero-order chi connectivity index (χ0) is 17.1. The van der Waals surface area contributed by atoms with Crippen LogP contribution in [0.15, 0.2) is 16.7 Å². The summed E-state index contributed by atoms with van der Waals surface area (Å²) in [6, 6.07) is 2.66. The first-order chi connectivity index (χ1) is 10.8. The van der Waals surface area contributed by atoms with Crippen molar-refractivity contribution in [2.45, 2.75) is 40.2 Å². The number of aromatic carboxylic acids is 1. The summed E-state index contributed by atoms with van der Waals surface area (Å²) >= 11 is 0. The van der Waals surface area contributed by atoms with Crippen molar-refractivity contribution in [3.05, 3.63) is 46.1 Å².